The summed E-state index contributed by atoms with van der Waals surface area (Å²) < 4.78 is 37.8. The summed E-state index contributed by atoms with van der Waals surface area (Å²) in [5.74, 6) is -0.273. The fourth-order valence-corrected chi connectivity index (χ4v) is 1.59. The lowest BCUT2D eigenvalue weighted by Crippen LogP contribution is -2.30. The quantitative estimate of drug-likeness (QED) is 0.875. The van der Waals surface area contributed by atoms with Gasteiger partial charge in [-0.05, 0) is 24.6 Å². The third-order valence-electron chi connectivity index (χ3n) is 2.30. The van der Waals surface area contributed by atoms with Crippen LogP contribution in [0.25, 0.3) is 0 Å². The molecule has 0 heterocycles. The minimum atomic E-state index is -4.51. The van der Waals surface area contributed by atoms with Crippen LogP contribution in [0.5, 0.6) is 0 Å². The standard InChI is InChI=1S/C12H14ClF3N2O/c1-2-5-17-11(19)7-18-8-3-4-10(13)9(6-8)12(14,15)16/h3-4,6,18H,2,5,7H2,1H3,(H,17,19). The molecule has 0 radical (unpaired) electrons. The van der Waals surface area contributed by atoms with E-state index in [4.69, 9.17) is 11.6 Å². The first-order valence-corrected chi connectivity index (χ1v) is 6.09. The predicted molar refractivity (Wildman–Crippen MR) is 68.2 cm³/mol. The van der Waals surface area contributed by atoms with E-state index in [-0.39, 0.29) is 23.2 Å². The van der Waals surface area contributed by atoms with Crippen molar-refractivity contribution in [2.45, 2.75) is 19.5 Å². The van der Waals surface area contributed by atoms with Gasteiger partial charge in [-0.25, -0.2) is 0 Å². The molecule has 3 nitrogen and oxygen atoms in total. The van der Waals surface area contributed by atoms with Gasteiger partial charge in [0.1, 0.15) is 0 Å². The Morgan fingerprint density at radius 2 is 2.05 bits per heavy atom. The summed E-state index contributed by atoms with van der Waals surface area (Å²) in [7, 11) is 0. The van der Waals surface area contributed by atoms with Gasteiger partial charge in [-0.15, -0.1) is 0 Å². The van der Waals surface area contributed by atoms with Gasteiger partial charge in [-0.1, -0.05) is 18.5 Å². The van der Waals surface area contributed by atoms with Crippen LogP contribution in [-0.2, 0) is 11.0 Å². The fourth-order valence-electron chi connectivity index (χ4n) is 1.36. The van der Waals surface area contributed by atoms with E-state index < -0.39 is 11.7 Å². The molecule has 0 unspecified atom stereocenters. The number of carbonyl (C=O) groups is 1. The molecule has 1 rings (SSSR count). The van der Waals surface area contributed by atoms with Gasteiger partial charge in [0.15, 0.2) is 0 Å². The monoisotopic (exact) mass is 294 g/mol. The number of alkyl halides is 3. The van der Waals surface area contributed by atoms with Crippen LogP contribution in [-0.4, -0.2) is 19.0 Å². The van der Waals surface area contributed by atoms with Crippen molar-refractivity contribution >= 4 is 23.2 Å². The predicted octanol–water partition coefficient (Wildman–Crippen LogP) is 3.30. The van der Waals surface area contributed by atoms with Crippen molar-refractivity contribution in [2.24, 2.45) is 0 Å². The first kappa shape index (κ1) is 15.6. The molecule has 1 aromatic rings. The zero-order valence-electron chi connectivity index (χ0n) is 10.3. The molecular weight excluding hydrogens is 281 g/mol. The molecule has 1 aromatic carbocycles. The molecule has 2 N–H and O–H groups in total. The van der Waals surface area contributed by atoms with Crippen molar-refractivity contribution in [1.82, 2.24) is 5.32 Å². The summed E-state index contributed by atoms with van der Waals surface area (Å²) in [6.45, 7) is 2.36. The molecule has 0 aliphatic carbocycles. The highest BCUT2D eigenvalue weighted by Crippen LogP contribution is 2.36. The Kier molecular flexibility index (Phi) is 5.47. The minimum Gasteiger partial charge on any atom is -0.376 e. The number of nitrogens with one attached hydrogen (secondary N) is 2. The van der Waals surface area contributed by atoms with Gasteiger partial charge in [0.05, 0.1) is 17.1 Å². The van der Waals surface area contributed by atoms with Crippen LogP contribution in [0.15, 0.2) is 18.2 Å². The number of hydrogen-bond donors (Lipinski definition) is 2. The second-order valence-electron chi connectivity index (χ2n) is 3.90. The number of amides is 1. The van der Waals surface area contributed by atoms with E-state index in [0.29, 0.717) is 6.54 Å². The molecule has 19 heavy (non-hydrogen) atoms. The van der Waals surface area contributed by atoms with Gasteiger partial charge >= 0.3 is 6.18 Å². The van der Waals surface area contributed by atoms with E-state index in [2.05, 4.69) is 10.6 Å². The van der Waals surface area contributed by atoms with E-state index in [1.54, 1.807) is 0 Å². The summed E-state index contributed by atoms with van der Waals surface area (Å²) in [6, 6.07) is 3.43. The Balaban J connectivity index is 2.68. The third kappa shape index (κ3) is 4.98. The van der Waals surface area contributed by atoms with Gasteiger partial charge in [0.25, 0.3) is 0 Å². The Bertz CT molecular complexity index is 449. The van der Waals surface area contributed by atoms with Gasteiger partial charge in [-0.2, -0.15) is 13.2 Å². The molecular formula is C12H14ClF3N2O. The average Bonchev–Trinajstić information content (AvgIpc) is 2.34. The maximum Gasteiger partial charge on any atom is 0.417 e. The molecule has 0 bridgehead atoms. The van der Waals surface area contributed by atoms with Crippen LogP contribution in [0.1, 0.15) is 18.9 Å². The molecule has 1 amide bonds. The number of carbonyl (C=O) groups excluding carboxylic acids is 1. The van der Waals surface area contributed by atoms with Gasteiger partial charge in [-0.3, -0.25) is 4.79 Å². The second kappa shape index (κ2) is 6.65. The Morgan fingerprint density at radius 1 is 1.37 bits per heavy atom. The van der Waals surface area contributed by atoms with Gasteiger partial charge in [0.2, 0.25) is 5.91 Å². The zero-order chi connectivity index (χ0) is 14.5. The first-order valence-electron chi connectivity index (χ1n) is 5.72. The number of halogens is 4. The summed E-state index contributed by atoms with van der Waals surface area (Å²) in [6.07, 6.45) is -3.72. The Labute approximate surface area is 114 Å². The molecule has 0 saturated heterocycles. The molecule has 0 spiro atoms. The molecule has 0 saturated carbocycles. The number of benzene rings is 1. The van der Waals surface area contributed by atoms with Crippen molar-refractivity contribution in [2.75, 3.05) is 18.4 Å². The zero-order valence-corrected chi connectivity index (χ0v) is 11.0. The Hall–Kier alpha value is -1.43. The first-order chi connectivity index (χ1) is 8.84. The Morgan fingerprint density at radius 3 is 2.63 bits per heavy atom. The molecule has 0 atom stereocenters. The maximum absolute atomic E-state index is 12.6. The van der Waals surface area contributed by atoms with Crippen LogP contribution < -0.4 is 10.6 Å². The molecule has 0 aliphatic rings. The number of rotatable bonds is 5. The van der Waals surface area contributed by atoms with Crippen LogP contribution in [0.3, 0.4) is 0 Å². The summed E-state index contributed by atoms with van der Waals surface area (Å²) in [5, 5.41) is 4.86. The van der Waals surface area contributed by atoms with Crippen molar-refractivity contribution in [1.29, 1.82) is 0 Å². The minimum absolute atomic E-state index is 0.0844. The highest BCUT2D eigenvalue weighted by atomic mass is 35.5. The fraction of sp³-hybridized carbons (Fsp3) is 0.417. The summed E-state index contributed by atoms with van der Waals surface area (Å²) >= 11 is 5.49. The highest BCUT2D eigenvalue weighted by Gasteiger charge is 2.33. The van der Waals surface area contributed by atoms with E-state index in [1.807, 2.05) is 6.92 Å². The van der Waals surface area contributed by atoms with Crippen LogP contribution in [0, 0.1) is 0 Å². The normalized spacial score (nSPS) is 11.2. The smallest absolute Gasteiger partial charge is 0.376 e. The van der Waals surface area contributed by atoms with Gasteiger partial charge < -0.3 is 10.6 Å². The van der Waals surface area contributed by atoms with Crippen molar-refractivity contribution in [3.05, 3.63) is 28.8 Å². The van der Waals surface area contributed by atoms with Crippen molar-refractivity contribution in [3.63, 3.8) is 0 Å². The lowest BCUT2D eigenvalue weighted by molar-refractivity contribution is -0.137. The summed E-state index contributed by atoms with van der Waals surface area (Å²) in [4.78, 5) is 11.3. The van der Waals surface area contributed by atoms with Crippen molar-refractivity contribution in [3.8, 4) is 0 Å². The van der Waals surface area contributed by atoms with Crippen LogP contribution in [0.2, 0.25) is 5.02 Å². The van der Waals surface area contributed by atoms with Gasteiger partial charge in [0, 0.05) is 12.2 Å². The molecule has 0 aliphatic heterocycles. The number of anilines is 1. The topological polar surface area (TPSA) is 41.1 Å². The van der Waals surface area contributed by atoms with Crippen molar-refractivity contribution < 1.29 is 18.0 Å². The highest BCUT2D eigenvalue weighted by molar-refractivity contribution is 6.31. The maximum atomic E-state index is 12.6. The SMILES string of the molecule is CCCNC(=O)CNc1ccc(Cl)c(C(F)(F)F)c1. The molecule has 0 fully saturated rings. The molecule has 0 aromatic heterocycles. The lowest BCUT2D eigenvalue weighted by Gasteiger charge is -2.12. The average molecular weight is 295 g/mol. The molecule has 106 valence electrons. The lowest BCUT2D eigenvalue weighted by atomic mass is 10.2. The summed E-state index contributed by atoms with van der Waals surface area (Å²) in [5.41, 5.74) is -0.725. The second-order valence-corrected chi connectivity index (χ2v) is 4.30. The van der Waals surface area contributed by atoms with E-state index in [9.17, 15) is 18.0 Å². The van der Waals surface area contributed by atoms with E-state index in [0.717, 1.165) is 18.6 Å². The number of hydrogen-bond acceptors (Lipinski definition) is 2. The largest absolute Gasteiger partial charge is 0.417 e. The van der Waals surface area contributed by atoms with E-state index in [1.165, 1.54) is 6.07 Å². The molecule has 7 heteroatoms. The van der Waals surface area contributed by atoms with E-state index >= 15 is 0 Å². The van der Waals surface area contributed by atoms with Crippen LogP contribution >= 0.6 is 11.6 Å². The van der Waals surface area contributed by atoms with Crippen LogP contribution in [0.4, 0.5) is 18.9 Å². The third-order valence-corrected chi connectivity index (χ3v) is 2.63.